The fourth-order valence-electron chi connectivity index (χ4n) is 3.39. The number of nitrogens with zero attached hydrogens (tertiary/aromatic N) is 1. The fourth-order valence-corrected chi connectivity index (χ4v) is 3.92. The van der Waals surface area contributed by atoms with Crippen molar-refractivity contribution in [2.24, 2.45) is 0 Å². The molecule has 26 heavy (non-hydrogen) atoms. The van der Waals surface area contributed by atoms with Crippen LogP contribution in [0.3, 0.4) is 0 Å². The van der Waals surface area contributed by atoms with Gasteiger partial charge in [-0.25, -0.2) is 4.79 Å². The molecule has 0 aliphatic carbocycles. The van der Waals surface area contributed by atoms with Gasteiger partial charge in [-0.3, -0.25) is 0 Å². The van der Waals surface area contributed by atoms with Gasteiger partial charge in [-0.05, 0) is 24.3 Å². The molecule has 0 saturated carbocycles. The molecule has 4 nitrogen and oxygen atoms in total. The SMILES string of the molecule is O=C1OC2=C(COCC2)C(N(c2ccccc2)c2ccccc2)C1(Cl)Cl. The summed E-state index contributed by atoms with van der Waals surface area (Å²) in [6, 6.07) is 18.8. The molecular weight excluding hydrogens is 373 g/mol. The zero-order chi connectivity index (χ0) is 18.1. The monoisotopic (exact) mass is 389 g/mol. The Kier molecular flexibility index (Phi) is 4.65. The zero-order valence-corrected chi connectivity index (χ0v) is 15.4. The molecule has 2 aromatic rings. The van der Waals surface area contributed by atoms with Crippen LogP contribution in [0.5, 0.6) is 0 Å². The van der Waals surface area contributed by atoms with Gasteiger partial charge < -0.3 is 14.4 Å². The number of carbonyl (C=O) groups is 1. The minimum absolute atomic E-state index is 0.324. The number of ether oxygens (including phenoxy) is 2. The Morgan fingerprint density at radius 2 is 1.54 bits per heavy atom. The van der Waals surface area contributed by atoms with E-state index in [2.05, 4.69) is 0 Å². The maximum atomic E-state index is 12.6. The topological polar surface area (TPSA) is 38.8 Å². The Hall–Kier alpha value is -2.01. The lowest BCUT2D eigenvalue weighted by atomic mass is 9.94. The van der Waals surface area contributed by atoms with Crippen LogP contribution in [0.15, 0.2) is 72.0 Å². The molecule has 0 aromatic heterocycles. The van der Waals surface area contributed by atoms with Crippen LogP contribution in [-0.4, -0.2) is 29.6 Å². The lowest BCUT2D eigenvalue weighted by molar-refractivity contribution is -0.143. The second-order valence-electron chi connectivity index (χ2n) is 6.21. The van der Waals surface area contributed by atoms with E-state index in [0.29, 0.717) is 25.4 Å². The number of carbonyl (C=O) groups excluding carboxylic acids is 1. The summed E-state index contributed by atoms with van der Waals surface area (Å²) in [4.78, 5) is 14.5. The van der Waals surface area contributed by atoms with E-state index in [1.807, 2.05) is 65.6 Å². The van der Waals surface area contributed by atoms with E-state index in [4.69, 9.17) is 32.7 Å². The molecule has 0 radical (unpaired) electrons. The van der Waals surface area contributed by atoms with Crippen molar-refractivity contribution in [1.29, 1.82) is 0 Å². The lowest BCUT2D eigenvalue weighted by Crippen LogP contribution is -2.55. The van der Waals surface area contributed by atoms with Crippen LogP contribution in [0.1, 0.15) is 6.42 Å². The molecule has 2 aromatic carbocycles. The molecule has 2 aliphatic rings. The first-order chi connectivity index (χ1) is 12.6. The lowest BCUT2D eigenvalue weighted by Gasteiger charge is -2.44. The number of benzene rings is 2. The van der Waals surface area contributed by atoms with Crippen LogP contribution in [0.25, 0.3) is 0 Å². The summed E-state index contributed by atoms with van der Waals surface area (Å²) in [5.41, 5.74) is 2.55. The highest BCUT2D eigenvalue weighted by atomic mass is 35.5. The van der Waals surface area contributed by atoms with E-state index >= 15 is 0 Å². The van der Waals surface area contributed by atoms with Crippen LogP contribution >= 0.6 is 23.2 Å². The van der Waals surface area contributed by atoms with Crippen molar-refractivity contribution >= 4 is 40.5 Å². The molecule has 0 bridgehead atoms. The molecule has 2 aliphatic heterocycles. The van der Waals surface area contributed by atoms with Crippen molar-refractivity contribution in [1.82, 2.24) is 0 Å². The highest BCUT2D eigenvalue weighted by Gasteiger charge is 2.54. The van der Waals surface area contributed by atoms with Crippen molar-refractivity contribution in [2.45, 2.75) is 16.8 Å². The zero-order valence-electron chi connectivity index (χ0n) is 13.9. The average molecular weight is 390 g/mol. The number of halogens is 2. The average Bonchev–Trinajstić information content (AvgIpc) is 2.67. The van der Waals surface area contributed by atoms with Crippen LogP contribution in [0.4, 0.5) is 11.4 Å². The van der Waals surface area contributed by atoms with Crippen LogP contribution < -0.4 is 4.90 Å². The second-order valence-corrected chi connectivity index (χ2v) is 7.59. The van der Waals surface area contributed by atoms with Crippen molar-refractivity contribution < 1.29 is 14.3 Å². The Morgan fingerprint density at radius 1 is 0.962 bits per heavy atom. The summed E-state index contributed by atoms with van der Waals surface area (Å²) in [6.45, 7) is 0.831. The maximum absolute atomic E-state index is 12.6. The first kappa shape index (κ1) is 17.4. The van der Waals surface area contributed by atoms with Gasteiger partial charge in [-0.15, -0.1) is 0 Å². The molecule has 0 N–H and O–H groups in total. The molecule has 4 rings (SSSR count). The number of hydrogen-bond donors (Lipinski definition) is 0. The van der Waals surface area contributed by atoms with Gasteiger partial charge in [0.2, 0.25) is 4.33 Å². The van der Waals surface area contributed by atoms with Gasteiger partial charge in [0.25, 0.3) is 0 Å². The highest BCUT2D eigenvalue weighted by Crippen LogP contribution is 2.46. The third-order valence-electron chi connectivity index (χ3n) is 4.58. The van der Waals surface area contributed by atoms with Gasteiger partial charge in [0.1, 0.15) is 11.8 Å². The van der Waals surface area contributed by atoms with Gasteiger partial charge in [0.05, 0.1) is 13.2 Å². The summed E-state index contributed by atoms with van der Waals surface area (Å²) in [5.74, 6) is -0.0385. The second kappa shape index (κ2) is 6.95. The Labute approximate surface area is 161 Å². The summed E-state index contributed by atoms with van der Waals surface area (Å²) >= 11 is 13.1. The van der Waals surface area contributed by atoms with E-state index in [1.54, 1.807) is 0 Å². The fraction of sp³-hybridized carbons (Fsp3) is 0.250. The van der Waals surface area contributed by atoms with E-state index in [1.165, 1.54) is 0 Å². The first-order valence-corrected chi connectivity index (χ1v) is 9.13. The summed E-state index contributed by atoms with van der Waals surface area (Å²) in [7, 11) is 0. The van der Waals surface area contributed by atoms with E-state index < -0.39 is 16.3 Å². The number of hydrogen-bond acceptors (Lipinski definition) is 4. The van der Waals surface area contributed by atoms with E-state index in [9.17, 15) is 4.79 Å². The molecule has 1 unspecified atom stereocenters. The quantitative estimate of drug-likeness (QED) is 0.567. The minimum Gasteiger partial charge on any atom is -0.429 e. The van der Waals surface area contributed by atoms with Crippen molar-refractivity contribution in [3.05, 3.63) is 72.0 Å². The number of para-hydroxylation sites is 2. The first-order valence-electron chi connectivity index (χ1n) is 8.38. The predicted molar refractivity (Wildman–Crippen MR) is 102 cm³/mol. The predicted octanol–water partition coefficient (Wildman–Crippen LogP) is 4.60. The highest BCUT2D eigenvalue weighted by molar-refractivity contribution is 6.58. The van der Waals surface area contributed by atoms with E-state index in [-0.39, 0.29) is 0 Å². The smallest absolute Gasteiger partial charge is 0.350 e. The largest absolute Gasteiger partial charge is 0.429 e. The van der Waals surface area contributed by atoms with Crippen LogP contribution in [0.2, 0.25) is 0 Å². The maximum Gasteiger partial charge on any atom is 0.350 e. The summed E-state index contributed by atoms with van der Waals surface area (Å²) in [5, 5.41) is 0. The minimum atomic E-state index is -1.76. The van der Waals surface area contributed by atoms with Gasteiger partial charge in [-0.2, -0.15) is 0 Å². The third-order valence-corrected chi connectivity index (χ3v) is 5.30. The molecular formula is C20H17Cl2NO3. The van der Waals surface area contributed by atoms with Crippen LogP contribution in [-0.2, 0) is 14.3 Å². The summed E-state index contributed by atoms with van der Waals surface area (Å²) in [6.07, 6.45) is 0.527. The van der Waals surface area contributed by atoms with Crippen molar-refractivity contribution in [3.8, 4) is 0 Å². The van der Waals surface area contributed by atoms with Crippen molar-refractivity contribution in [2.75, 3.05) is 18.1 Å². The van der Waals surface area contributed by atoms with Crippen molar-refractivity contribution in [3.63, 3.8) is 0 Å². The number of anilines is 2. The molecule has 0 amide bonds. The van der Waals surface area contributed by atoms with Gasteiger partial charge in [0.15, 0.2) is 0 Å². The van der Waals surface area contributed by atoms with Gasteiger partial charge >= 0.3 is 5.97 Å². The molecule has 0 spiro atoms. The van der Waals surface area contributed by atoms with Gasteiger partial charge in [0, 0.05) is 23.4 Å². The summed E-state index contributed by atoms with van der Waals surface area (Å²) < 4.78 is 9.30. The number of esters is 1. The molecule has 134 valence electrons. The standard InChI is InChI=1S/C20H17Cl2NO3/c21-20(22)18(16-13-25-12-11-17(16)26-19(20)24)23(14-7-3-1-4-8-14)15-9-5-2-6-10-15/h1-10,18H,11-13H2. The Balaban J connectivity index is 1.92. The number of rotatable bonds is 3. The number of alkyl halides is 2. The van der Waals surface area contributed by atoms with E-state index in [0.717, 1.165) is 16.9 Å². The molecule has 0 fully saturated rings. The van der Waals surface area contributed by atoms with Gasteiger partial charge in [-0.1, -0.05) is 59.6 Å². The molecule has 0 saturated heterocycles. The molecule has 2 heterocycles. The Bertz CT molecular complexity index is 797. The Morgan fingerprint density at radius 3 is 2.12 bits per heavy atom. The molecule has 6 heteroatoms. The molecule has 1 atom stereocenters. The third kappa shape index (κ3) is 2.98. The van der Waals surface area contributed by atoms with Crippen LogP contribution in [0, 0.1) is 0 Å². The normalized spacial score (nSPS) is 21.8.